The van der Waals surface area contributed by atoms with Crippen LogP contribution in [0.3, 0.4) is 0 Å². The molecule has 256 valence electrons. The fourth-order valence-electron chi connectivity index (χ4n) is 8.44. The molecule has 5 heteroatoms. The minimum atomic E-state index is 0.688. The number of nitrogens with zero attached hydrogens (tertiary/aromatic N) is 3. The Morgan fingerprint density at radius 2 is 1.20 bits per heavy atom. The van der Waals surface area contributed by atoms with Crippen molar-refractivity contribution in [3.8, 4) is 39.5 Å². The van der Waals surface area contributed by atoms with E-state index in [1.807, 2.05) is 0 Å². The summed E-state index contributed by atoms with van der Waals surface area (Å²) < 4.78 is 11.3. The average Bonchev–Trinajstić information content (AvgIpc) is 3.92. The van der Waals surface area contributed by atoms with Gasteiger partial charge in [0.1, 0.15) is 11.2 Å². The number of hydrogen-bond acceptors (Lipinski definition) is 4. The molecule has 0 N–H and O–H groups in total. The number of thiophene rings is 1. The van der Waals surface area contributed by atoms with Crippen molar-refractivity contribution >= 4 is 86.2 Å². The Balaban J connectivity index is 1.11. The molecule has 12 rings (SSSR count). The SMILES string of the molecule is c1ccc(-c2cccc(-c3nc(-c4ccc5oc6cccc(-n7c8ccccc8c8cc9ccccc9cc87)c6c5c4)nc4c3sc3ccccc34)c2)cc1. The van der Waals surface area contributed by atoms with Crippen LogP contribution in [0.15, 0.2) is 180 Å². The van der Waals surface area contributed by atoms with Crippen LogP contribution < -0.4 is 0 Å². The standard InChI is InChI=1S/C50H29N3OS/c1-2-12-30(13-3-1)31-16-10-17-34(26-31)47-49-48(37-19-7-9-23-45(37)55-49)52-50(51-47)35-24-25-43-39(28-35)46-41(21-11-22-44(46)54-43)53-40-20-8-6-18-36(40)38-27-32-14-4-5-15-33(32)29-42(38)53/h1-29H. The molecular formula is C50H29N3OS. The van der Waals surface area contributed by atoms with Gasteiger partial charge in [-0.2, -0.15) is 0 Å². The lowest BCUT2D eigenvalue weighted by molar-refractivity contribution is 0.669. The van der Waals surface area contributed by atoms with Crippen LogP contribution >= 0.6 is 11.3 Å². The second-order valence-corrected chi connectivity index (χ2v) is 15.2. The molecule has 0 radical (unpaired) electrons. The maximum Gasteiger partial charge on any atom is 0.160 e. The highest BCUT2D eigenvalue weighted by Gasteiger charge is 2.21. The molecule has 0 aliphatic rings. The Kier molecular flexibility index (Phi) is 6.47. The lowest BCUT2D eigenvalue weighted by Gasteiger charge is -2.11. The summed E-state index contributed by atoms with van der Waals surface area (Å²) in [6.45, 7) is 0. The Labute approximate surface area is 319 Å². The largest absolute Gasteiger partial charge is 0.456 e. The first-order valence-electron chi connectivity index (χ1n) is 18.5. The van der Waals surface area contributed by atoms with Crippen molar-refractivity contribution in [1.29, 1.82) is 0 Å². The molecule has 0 spiro atoms. The van der Waals surface area contributed by atoms with Crippen molar-refractivity contribution < 1.29 is 4.42 Å². The predicted octanol–water partition coefficient (Wildman–Crippen LogP) is 14.0. The van der Waals surface area contributed by atoms with Crippen LogP contribution in [0.1, 0.15) is 0 Å². The summed E-state index contributed by atoms with van der Waals surface area (Å²) >= 11 is 1.75. The van der Waals surface area contributed by atoms with Gasteiger partial charge in [0.25, 0.3) is 0 Å². The topological polar surface area (TPSA) is 43.9 Å². The number of fused-ring (bicyclic) bond motifs is 10. The van der Waals surface area contributed by atoms with Crippen LogP contribution in [-0.2, 0) is 0 Å². The van der Waals surface area contributed by atoms with E-state index in [1.54, 1.807) is 11.3 Å². The molecular weight excluding hydrogens is 691 g/mol. The van der Waals surface area contributed by atoms with Crippen LogP contribution in [0.5, 0.6) is 0 Å². The monoisotopic (exact) mass is 719 g/mol. The van der Waals surface area contributed by atoms with Crippen LogP contribution in [0.4, 0.5) is 0 Å². The second kappa shape index (κ2) is 11.7. The van der Waals surface area contributed by atoms with Gasteiger partial charge in [0.05, 0.1) is 38.0 Å². The van der Waals surface area contributed by atoms with Crippen LogP contribution in [0.25, 0.3) is 114 Å². The summed E-state index contributed by atoms with van der Waals surface area (Å²) in [6.07, 6.45) is 0. The minimum absolute atomic E-state index is 0.688. The zero-order valence-electron chi connectivity index (χ0n) is 29.4. The average molecular weight is 720 g/mol. The smallest absolute Gasteiger partial charge is 0.160 e. The van der Waals surface area contributed by atoms with Gasteiger partial charge in [0.15, 0.2) is 5.82 Å². The Morgan fingerprint density at radius 3 is 2.11 bits per heavy atom. The van der Waals surface area contributed by atoms with Crippen molar-refractivity contribution in [2.24, 2.45) is 0 Å². The minimum Gasteiger partial charge on any atom is -0.456 e. The molecule has 0 saturated carbocycles. The van der Waals surface area contributed by atoms with E-state index in [0.29, 0.717) is 5.82 Å². The van der Waals surface area contributed by atoms with Crippen LogP contribution in [0, 0.1) is 0 Å². The third-order valence-corrected chi connectivity index (χ3v) is 12.1. The molecule has 0 saturated heterocycles. The van der Waals surface area contributed by atoms with Gasteiger partial charge in [-0.05, 0) is 82.6 Å². The molecule has 0 unspecified atom stereocenters. The van der Waals surface area contributed by atoms with Crippen LogP contribution in [0.2, 0.25) is 0 Å². The van der Waals surface area contributed by atoms with E-state index in [2.05, 4.69) is 180 Å². The van der Waals surface area contributed by atoms with E-state index < -0.39 is 0 Å². The second-order valence-electron chi connectivity index (χ2n) is 14.2. The fraction of sp³-hybridized carbons (Fsp3) is 0. The number of benzene rings is 8. The molecule has 0 fully saturated rings. The lowest BCUT2D eigenvalue weighted by atomic mass is 10.0. The van der Waals surface area contributed by atoms with Gasteiger partial charge in [-0.25, -0.2) is 9.97 Å². The van der Waals surface area contributed by atoms with Gasteiger partial charge < -0.3 is 8.98 Å². The third-order valence-electron chi connectivity index (χ3n) is 11.0. The maximum atomic E-state index is 6.59. The van der Waals surface area contributed by atoms with Crippen molar-refractivity contribution in [3.05, 3.63) is 176 Å². The Morgan fingerprint density at radius 1 is 0.455 bits per heavy atom. The van der Waals surface area contributed by atoms with E-state index in [4.69, 9.17) is 14.4 Å². The molecule has 55 heavy (non-hydrogen) atoms. The number of hydrogen-bond donors (Lipinski definition) is 0. The highest BCUT2D eigenvalue weighted by atomic mass is 32.1. The first-order chi connectivity index (χ1) is 27.2. The van der Waals surface area contributed by atoms with E-state index in [-0.39, 0.29) is 0 Å². The Bertz CT molecular complexity index is 3500. The van der Waals surface area contributed by atoms with Gasteiger partial charge in [0, 0.05) is 37.4 Å². The maximum absolute atomic E-state index is 6.59. The summed E-state index contributed by atoms with van der Waals surface area (Å²) in [6, 6.07) is 62.4. The van der Waals surface area contributed by atoms with E-state index in [9.17, 15) is 0 Å². The van der Waals surface area contributed by atoms with Gasteiger partial charge in [0.2, 0.25) is 0 Å². The zero-order chi connectivity index (χ0) is 36.0. The normalized spacial score (nSPS) is 12.0. The number of rotatable bonds is 4. The van der Waals surface area contributed by atoms with Gasteiger partial charge >= 0.3 is 0 Å². The summed E-state index contributed by atoms with van der Waals surface area (Å²) in [5, 5.41) is 8.13. The number of para-hydroxylation sites is 1. The lowest BCUT2D eigenvalue weighted by Crippen LogP contribution is -1.95. The van der Waals surface area contributed by atoms with Crippen molar-refractivity contribution in [2.45, 2.75) is 0 Å². The molecule has 0 bridgehead atoms. The molecule has 0 aliphatic carbocycles. The fourth-order valence-corrected chi connectivity index (χ4v) is 9.59. The molecule has 8 aromatic carbocycles. The van der Waals surface area contributed by atoms with Crippen molar-refractivity contribution in [3.63, 3.8) is 0 Å². The van der Waals surface area contributed by atoms with Gasteiger partial charge in [-0.15, -0.1) is 11.3 Å². The highest BCUT2D eigenvalue weighted by Crippen LogP contribution is 2.43. The van der Waals surface area contributed by atoms with Crippen molar-refractivity contribution in [2.75, 3.05) is 0 Å². The summed E-state index contributed by atoms with van der Waals surface area (Å²) in [7, 11) is 0. The van der Waals surface area contributed by atoms with E-state index in [0.717, 1.165) is 71.1 Å². The summed E-state index contributed by atoms with van der Waals surface area (Å²) in [5.74, 6) is 0.688. The first-order valence-corrected chi connectivity index (χ1v) is 19.3. The predicted molar refractivity (Wildman–Crippen MR) is 230 cm³/mol. The zero-order valence-corrected chi connectivity index (χ0v) is 30.2. The third kappa shape index (κ3) is 4.64. The first kappa shape index (κ1) is 30.4. The molecule has 4 heterocycles. The highest BCUT2D eigenvalue weighted by molar-refractivity contribution is 7.26. The summed E-state index contributed by atoms with van der Waals surface area (Å²) in [4.78, 5) is 10.7. The molecule has 0 amide bonds. The molecule has 4 nitrogen and oxygen atoms in total. The number of furan rings is 1. The van der Waals surface area contributed by atoms with Crippen LogP contribution in [-0.4, -0.2) is 14.5 Å². The van der Waals surface area contributed by atoms with E-state index >= 15 is 0 Å². The van der Waals surface area contributed by atoms with Gasteiger partial charge in [-0.1, -0.05) is 115 Å². The molecule has 0 aliphatic heterocycles. The van der Waals surface area contributed by atoms with Gasteiger partial charge in [-0.3, -0.25) is 0 Å². The molecule has 0 atom stereocenters. The quantitative estimate of drug-likeness (QED) is 0.182. The Hall–Kier alpha value is -7.08. The summed E-state index contributed by atoms with van der Waals surface area (Å²) in [5.41, 5.74) is 11.3. The molecule has 12 aromatic rings. The van der Waals surface area contributed by atoms with E-state index in [1.165, 1.54) is 37.3 Å². The number of aromatic nitrogens is 3. The molecule has 4 aromatic heterocycles. The van der Waals surface area contributed by atoms with Crippen molar-refractivity contribution in [1.82, 2.24) is 14.5 Å².